The van der Waals surface area contributed by atoms with E-state index in [0.717, 1.165) is 23.4 Å². The molecule has 4 nitrogen and oxygen atoms in total. The minimum Gasteiger partial charge on any atom is -0.348 e. The van der Waals surface area contributed by atoms with Gasteiger partial charge in [-0.2, -0.15) is 13.2 Å². The van der Waals surface area contributed by atoms with Crippen molar-refractivity contribution in [2.75, 3.05) is 11.4 Å². The Balaban J connectivity index is 1.69. The largest absolute Gasteiger partial charge is 0.416 e. The second kappa shape index (κ2) is 6.82. The van der Waals surface area contributed by atoms with Gasteiger partial charge in [0, 0.05) is 31.3 Å². The average Bonchev–Trinajstić information content (AvgIpc) is 3.02. The van der Waals surface area contributed by atoms with Crippen molar-refractivity contribution in [1.29, 1.82) is 0 Å². The van der Waals surface area contributed by atoms with Gasteiger partial charge in [-0.1, -0.05) is 12.1 Å². The smallest absolute Gasteiger partial charge is 0.348 e. The van der Waals surface area contributed by atoms with E-state index >= 15 is 0 Å². The van der Waals surface area contributed by atoms with E-state index in [2.05, 4.69) is 5.32 Å². The van der Waals surface area contributed by atoms with Crippen molar-refractivity contribution < 1.29 is 22.8 Å². The molecular weight excluding hydrogens is 345 g/mol. The predicted octanol–water partition coefficient (Wildman–Crippen LogP) is 3.54. The summed E-state index contributed by atoms with van der Waals surface area (Å²) in [6.45, 7) is 2.07. The number of anilines is 1. The van der Waals surface area contributed by atoms with Gasteiger partial charge in [-0.05, 0) is 47.9 Å². The minimum atomic E-state index is -4.41. The number of carbonyl (C=O) groups excluding carboxylic acids is 2. The molecule has 0 unspecified atom stereocenters. The highest BCUT2D eigenvalue weighted by Gasteiger charge is 2.30. The molecule has 7 heteroatoms. The molecule has 1 heterocycles. The van der Waals surface area contributed by atoms with E-state index in [4.69, 9.17) is 0 Å². The van der Waals surface area contributed by atoms with Gasteiger partial charge >= 0.3 is 6.18 Å². The molecule has 0 radical (unpaired) electrons. The third-order valence-electron chi connectivity index (χ3n) is 4.32. The Kier molecular flexibility index (Phi) is 4.71. The van der Waals surface area contributed by atoms with Crippen molar-refractivity contribution in [1.82, 2.24) is 5.32 Å². The molecule has 0 aromatic heterocycles. The number of carbonyl (C=O) groups is 2. The number of nitrogens with one attached hydrogen (secondary N) is 1. The lowest BCUT2D eigenvalue weighted by Gasteiger charge is -2.15. The maximum atomic E-state index is 12.7. The summed E-state index contributed by atoms with van der Waals surface area (Å²) in [6, 6.07) is 9.92. The third-order valence-corrected chi connectivity index (χ3v) is 4.32. The van der Waals surface area contributed by atoms with Gasteiger partial charge in [-0.3, -0.25) is 9.59 Å². The number of rotatable bonds is 3. The van der Waals surface area contributed by atoms with Crippen molar-refractivity contribution in [3.05, 3.63) is 64.7 Å². The van der Waals surface area contributed by atoms with Gasteiger partial charge in [0.1, 0.15) is 0 Å². The first-order valence-electron chi connectivity index (χ1n) is 8.11. The lowest BCUT2D eigenvalue weighted by Crippen LogP contribution is -2.26. The van der Waals surface area contributed by atoms with Crippen LogP contribution in [-0.4, -0.2) is 18.4 Å². The highest BCUT2D eigenvalue weighted by atomic mass is 19.4. The topological polar surface area (TPSA) is 49.4 Å². The van der Waals surface area contributed by atoms with Crippen LogP contribution in [0.25, 0.3) is 0 Å². The van der Waals surface area contributed by atoms with E-state index in [-0.39, 0.29) is 18.4 Å². The lowest BCUT2D eigenvalue weighted by atomic mass is 10.1. The normalized spacial score (nSPS) is 13.5. The van der Waals surface area contributed by atoms with Crippen LogP contribution < -0.4 is 10.2 Å². The van der Waals surface area contributed by atoms with Crippen molar-refractivity contribution in [2.24, 2.45) is 0 Å². The van der Waals surface area contributed by atoms with Crippen LogP contribution in [-0.2, 0) is 23.9 Å². The zero-order chi connectivity index (χ0) is 18.9. The molecular formula is C19H17F3N2O2. The summed E-state index contributed by atoms with van der Waals surface area (Å²) in [6.07, 6.45) is -3.74. The SMILES string of the molecule is CC(=O)N1CCc2cc(C(=O)NCc3cccc(C(F)(F)F)c3)ccc21. The quantitative estimate of drug-likeness (QED) is 0.908. The van der Waals surface area contributed by atoms with Crippen LogP contribution in [0, 0.1) is 0 Å². The van der Waals surface area contributed by atoms with E-state index in [9.17, 15) is 22.8 Å². The molecule has 1 aliphatic rings. The molecule has 136 valence electrons. The highest BCUT2D eigenvalue weighted by molar-refractivity contribution is 5.97. The molecule has 26 heavy (non-hydrogen) atoms. The summed E-state index contributed by atoms with van der Waals surface area (Å²) in [5, 5.41) is 2.63. The Labute approximate surface area is 148 Å². The molecule has 3 rings (SSSR count). The maximum absolute atomic E-state index is 12.7. The Morgan fingerprint density at radius 1 is 1.15 bits per heavy atom. The minimum absolute atomic E-state index is 0.000586. The number of halogens is 3. The monoisotopic (exact) mass is 362 g/mol. The van der Waals surface area contributed by atoms with Gasteiger partial charge < -0.3 is 10.2 Å². The van der Waals surface area contributed by atoms with Gasteiger partial charge in [-0.25, -0.2) is 0 Å². The molecule has 0 saturated carbocycles. The van der Waals surface area contributed by atoms with Gasteiger partial charge in [0.15, 0.2) is 0 Å². The van der Waals surface area contributed by atoms with E-state index in [1.807, 2.05) is 0 Å². The molecule has 1 N–H and O–H groups in total. The highest BCUT2D eigenvalue weighted by Crippen LogP contribution is 2.30. The van der Waals surface area contributed by atoms with Crippen molar-refractivity contribution in [3.8, 4) is 0 Å². The van der Waals surface area contributed by atoms with Crippen molar-refractivity contribution in [3.63, 3.8) is 0 Å². The number of hydrogen-bond donors (Lipinski definition) is 1. The fourth-order valence-electron chi connectivity index (χ4n) is 3.01. The van der Waals surface area contributed by atoms with Crippen LogP contribution in [0.15, 0.2) is 42.5 Å². The number of fused-ring (bicyclic) bond motifs is 1. The van der Waals surface area contributed by atoms with Crippen molar-refractivity contribution >= 4 is 17.5 Å². The molecule has 0 atom stereocenters. The summed E-state index contributed by atoms with van der Waals surface area (Å²) in [4.78, 5) is 25.5. The molecule has 2 amide bonds. The first kappa shape index (κ1) is 18.0. The first-order valence-corrected chi connectivity index (χ1v) is 8.11. The van der Waals surface area contributed by atoms with Crippen LogP contribution >= 0.6 is 0 Å². The first-order chi connectivity index (χ1) is 12.3. The molecule has 0 fully saturated rings. The Morgan fingerprint density at radius 3 is 2.62 bits per heavy atom. The van der Waals surface area contributed by atoms with Crippen LogP contribution in [0.1, 0.15) is 34.0 Å². The molecule has 0 bridgehead atoms. The zero-order valence-electron chi connectivity index (χ0n) is 14.1. The second-order valence-corrected chi connectivity index (χ2v) is 6.14. The van der Waals surface area contributed by atoms with Gasteiger partial charge in [-0.15, -0.1) is 0 Å². The van der Waals surface area contributed by atoms with E-state index in [1.54, 1.807) is 23.1 Å². The van der Waals surface area contributed by atoms with E-state index in [1.165, 1.54) is 19.1 Å². The van der Waals surface area contributed by atoms with Crippen LogP contribution in [0.3, 0.4) is 0 Å². The number of nitrogens with zero attached hydrogens (tertiary/aromatic N) is 1. The number of alkyl halides is 3. The average molecular weight is 362 g/mol. The lowest BCUT2D eigenvalue weighted by molar-refractivity contribution is -0.137. The van der Waals surface area contributed by atoms with Crippen LogP contribution in [0.2, 0.25) is 0 Å². The summed E-state index contributed by atoms with van der Waals surface area (Å²) in [5.74, 6) is -0.419. The fourth-order valence-corrected chi connectivity index (χ4v) is 3.01. The second-order valence-electron chi connectivity index (χ2n) is 6.14. The number of benzene rings is 2. The Morgan fingerprint density at radius 2 is 1.92 bits per heavy atom. The maximum Gasteiger partial charge on any atom is 0.416 e. The molecule has 0 saturated heterocycles. The predicted molar refractivity (Wildman–Crippen MR) is 90.8 cm³/mol. The standard InChI is InChI=1S/C19H17F3N2O2/c1-12(25)24-8-7-14-10-15(5-6-17(14)24)18(26)23-11-13-3-2-4-16(9-13)19(20,21)22/h2-6,9-10H,7-8,11H2,1H3,(H,23,26). The molecule has 2 aromatic rings. The number of hydrogen-bond acceptors (Lipinski definition) is 2. The van der Waals surface area contributed by atoms with Crippen molar-refractivity contribution in [2.45, 2.75) is 26.1 Å². The zero-order valence-corrected chi connectivity index (χ0v) is 14.1. The molecule has 0 spiro atoms. The van der Waals surface area contributed by atoms with Gasteiger partial charge in [0.05, 0.1) is 5.56 Å². The molecule has 1 aliphatic heterocycles. The number of amides is 2. The third kappa shape index (κ3) is 3.71. The summed E-state index contributed by atoms with van der Waals surface area (Å²) in [7, 11) is 0. The van der Waals surface area contributed by atoms with Crippen LogP contribution in [0.5, 0.6) is 0 Å². The summed E-state index contributed by atoms with van der Waals surface area (Å²) < 4.78 is 38.2. The Bertz CT molecular complexity index is 862. The van der Waals surface area contributed by atoms with E-state index in [0.29, 0.717) is 24.1 Å². The summed E-state index contributed by atoms with van der Waals surface area (Å²) in [5.41, 5.74) is 1.75. The molecule has 0 aliphatic carbocycles. The Hall–Kier alpha value is -2.83. The van der Waals surface area contributed by atoms with Gasteiger partial charge in [0.25, 0.3) is 5.91 Å². The van der Waals surface area contributed by atoms with Gasteiger partial charge in [0.2, 0.25) is 5.91 Å². The van der Waals surface area contributed by atoms with Crippen LogP contribution in [0.4, 0.5) is 18.9 Å². The van der Waals surface area contributed by atoms with E-state index < -0.39 is 11.7 Å². The molecule has 2 aromatic carbocycles. The fraction of sp³-hybridized carbons (Fsp3) is 0.263. The summed E-state index contributed by atoms with van der Waals surface area (Å²) >= 11 is 0.